The molecule has 0 saturated heterocycles. The standard InChI is InChI=1S/C21H18F2N4O5S/c22-15-6-4-13(8-16(15)23)26-33(29,30)14-5-7-18-17(9-14)27(20(28)11-31-18)10-19-24-21(32-25-19)12-2-1-3-12/h4-9,12,26H,1-3,10-11H2. The fraction of sp³-hybridized carbons (Fsp3) is 0.286. The number of carbonyl (C=O) groups is 1. The zero-order chi connectivity index (χ0) is 23.2. The number of fused-ring (bicyclic) bond motifs is 1. The molecule has 1 aliphatic carbocycles. The highest BCUT2D eigenvalue weighted by atomic mass is 32.2. The summed E-state index contributed by atoms with van der Waals surface area (Å²) in [4.78, 5) is 18.1. The second-order valence-corrected chi connectivity index (χ2v) is 9.49. The summed E-state index contributed by atoms with van der Waals surface area (Å²) in [5, 5.41) is 3.95. The third-order valence-corrected chi connectivity index (χ3v) is 6.97. The van der Waals surface area contributed by atoms with E-state index >= 15 is 0 Å². The van der Waals surface area contributed by atoms with E-state index in [4.69, 9.17) is 9.26 Å². The number of amides is 1. The van der Waals surface area contributed by atoms with Gasteiger partial charge in [0.2, 0.25) is 5.89 Å². The van der Waals surface area contributed by atoms with Gasteiger partial charge in [0.1, 0.15) is 5.75 Å². The van der Waals surface area contributed by atoms with Gasteiger partial charge in [-0.25, -0.2) is 17.2 Å². The third kappa shape index (κ3) is 4.13. The van der Waals surface area contributed by atoms with Gasteiger partial charge in [0.25, 0.3) is 15.9 Å². The molecule has 1 saturated carbocycles. The predicted molar refractivity (Wildman–Crippen MR) is 111 cm³/mol. The number of carbonyl (C=O) groups excluding carboxylic acids is 1. The quantitative estimate of drug-likeness (QED) is 0.580. The van der Waals surface area contributed by atoms with Crippen LogP contribution in [0.5, 0.6) is 5.75 Å². The first kappa shape index (κ1) is 21.3. The van der Waals surface area contributed by atoms with E-state index in [9.17, 15) is 22.0 Å². The molecule has 1 aliphatic heterocycles. The molecule has 0 spiro atoms. The molecule has 1 aromatic heterocycles. The molecule has 0 atom stereocenters. The first-order chi connectivity index (χ1) is 15.8. The highest BCUT2D eigenvalue weighted by molar-refractivity contribution is 7.92. The molecule has 2 heterocycles. The van der Waals surface area contributed by atoms with Crippen molar-refractivity contribution in [1.82, 2.24) is 10.1 Å². The van der Waals surface area contributed by atoms with Crippen molar-refractivity contribution in [2.75, 3.05) is 16.2 Å². The summed E-state index contributed by atoms with van der Waals surface area (Å²) in [6.07, 6.45) is 3.06. The lowest BCUT2D eigenvalue weighted by Crippen LogP contribution is -2.38. The van der Waals surface area contributed by atoms with Gasteiger partial charge in [-0.1, -0.05) is 11.6 Å². The Bertz CT molecular complexity index is 1340. The average molecular weight is 476 g/mol. The van der Waals surface area contributed by atoms with Crippen molar-refractivity contribution in [3.63, 3.8) is 0 Å². The number of nitrogens with one attached hydrogen (secondary N) is 1. The fourth-order valence-corrected chi connectivity index (χ4v) is 4.66. The normalized spacial score (nSPS) is 16.2. The zero-order valence-electron chi connectivity index (χ0n) is 17.1. The Morgan fingerprint density at radius 3 is 2.67 bits per heavy atom. The Kier molecular flexibility index (Phi) is 5.23. The zero-order valence-corrected chi connectivity index (χ0v) is 17.9. The fourth-order valence-electron chi connectivity index (χ4n) is 3.59. The second-order valence-electron chi connectivity index (χ2n) is 7.81. The van der Waals surface area contributed by atoms with Crippen molar-refractivity contribution >= 4 is 27.3 Å². The molecule has 0 radical (unpaired) electrons. The first-order valence-electron chi connectivity index (χ1n) is 10.2. The van der Waals surface area contributed by atoms with Crippen molar-refractivity contribution in [3.8, 4) is 5.75 Å². The Labute approximate surface area is 187 Å². The van der Waals surface area contributed by atoms with Gasteiger partial charge in [-0.05, 0) is 43.2 Å². The van der Waals surface area contributed by atoms with Crippen LogP contribution in [0.2, 0.25) is 0 Å². The summed E-state index contributed by atoms with van der Waals surface area (Å²) in [5.74, 6) is -1.31. The van der Waals surface area contributed by atoms with Crippen LogP contribution in [-0.4, -0.2) is 31.1 Å². The van der Waals surface area contributed by atoms with Gasteiger partial charge in [-0.3, -0.25) is 14.4 Å². The molecule has 33 heavy (non-hydrogen) atoms. The maximum atomic E-state index is 13.5. The number of hydrogen-bond donors (Lipinski definition) is 1. The monoisotopic (exact) mass is 476 g/mol. The van der Waals surface area contributed by atoms with Crippen LogP contribution in [0.3, 0.4) is 0 Å². The van der Waals surface area contributed by atoms with Gasteiger partial charge in [0.15, 0.2) is 24.1 Å². The number of halogens is 2. The molecule has 1 amide bonds. The molecule has 0 bridgehead atoms. The smallest absolute Gasteiger partial charge is 0.265 e. The Morgan fingerprint density at radius 2 is 1.94 bits per heavy atom. The van der Waals surface area contributed by atoms with Gasteiger partial charge in [-0.2, -0.15) is 4.98 Å². The van der Waals surface area contributed by atoms with E-state index in [0.717, 1.165) is 37.5 Å². The van der Waals surface area contributed by atoms with Crippen LogP contribution in [-0.2, 0) is 21.4 Å². The molecule has 5 rings (SSSR count). The van der Waals surface area contributed by atoms with Crippen molar-refractivity contribution in [2.24, 2.45) is 0 Å². The van der Waals surface area contributed by atoms with E-state index in [-0.39, 0.29) is 35.3 Å². The van der Waals surface area contributed by atoms with Gasteiger partial charge in [0.05, 0.1) is 22.8 Å². The maximum Gasteiger partial charge on any atom is 0.265 e. The van der Waals surface area contributed by atoms with Crippen LogP contribution in [0, 0.1) is 11.6 Å². The number of ether oxygens (including phenoxy) is 1. The van der Waals surface area contributed by atoms with E-state index < -0.39 is 27.6 Å². The molecule has 1 fully saturated rings. The summed E-state index contributed by atoms with van der Waals surface area (Å²) in [6.45, 7) is -0.245. The number of nitrogens with zero attached hydrogens (tertiary/aromatic N) is 3. The van der Waals surface area contributed by atoms with Gasteiger partial charge < -0.3 is 9.26 Å². The predicted octanol–water partition coefficient (Wildman–Crippen LogP) is 3.34. The number of rotatable bonds is 6. The lowest BCUT2D eigenvalue weighted by Gasteiger charge is -2.28. The average Bonchev–Trinajstić information content (AvgIpc) is 3.19. The summed E-state index contributed by atoms with van der Waals surface area (Å²) >= 11 is 0. The molecular formula is C21H18F2N4O5S. The number of benzene rings is 2. The van der Waals surface area contributed by atoms with Crippen LogP contribution >= 0.6 is 0 Å². The molecular weight excluding hydrogens is 458 g/mol. The van der Waals surface area contributed by atoms with Crippen LogP contribution in [0.4, 0.5) is 20.2 Å². The molecule has 9 nitrogen and oxygen atoms in total. The molecule has 0 unspecified atom stereocenters. The molecule has 12 heteroatoms. The molecule has 2 aromatic carbocycles. The number of sulfonamides is 1. The van der Waals surface area contributed by atoms with E-state index in [1.807, 2.05) is 0 Å². The molecule has 172 valence electrons. The highest BCUT2D eigenvalue weighted by Crippen LogP contribution is 2.37. The number of anilines is 2. The van der Waals surface area contributed by atoms with Gasteiger partial charge in [-0.15, -0.1) is 0 Å². The highest BCUT2D eigenvalue weighted by Gasteiger charge is 2.31. The lowest BCUT2D eigenvalue weighted by molar-refractivity contribution is -0.121. The Morgan fingerprint density at radius 1 is 1.12 bits per heavy atom. The SMILES string of the molecule is O=C1COc2ccc(S(=O)(=O)Nc3ccc(F)c(F)c3)cc2N1Cc1noc(C2CCC2)n1. The number of hydrogen-bond acceptors (Lipinski definition) is 7. The second kappa shape index (κ2) is 8.10. The van der Waals surface area contributed by atoms with Gasteiger partial charge >= 0.3 is 0 Å². The lowest BCUT2D eigenvalue weighted by atomic mass is 9.85. The van der Waals surface area contributed by atoms with Crippen LogP contribution in [0.25, 0.3) is 0 Å². The van der Waals surface area contributed by atoms with Crippen molar-refractivity contribution < 1.29 is 31.3 Å². The molecule has 2 aliphatic rings. The van der Waals surface area contributed by atoms with E-state index in [0.29, 0.717) is 17.5 Å². The Hall–Kier alpha value is -3.54. The summed E-state index contributed by atoms with van der Waals surface area (Å²) in [7, 11) is -4.18. The summed E-state index contributed by atoms with van der Waals surface area (Å²) in [5.41, 5.74) is 0.0699. The maximum absolute atomic E-state index is 13.5. The summed E-state index contributed by atoms with van der Waals surface area (Å²) in [6, 6.07) is 6.63. The summed E-state index contributed by atoms with van der Waals surface area (Å²) < 4.78 is 65.2. The van der Waals surface area contributed by atoms with Crippen LogP contribution in [0.1, 0.15) is 36.9 Å². The minimum absolute atomic E-state index is 0.0223. The first-order valence-corrected chi connectivity index (χ1v) is 11.7. The van der Waals surface area contributed by atoms with E-state index in [2.05, 4.69) is 14.9 Å². The molecule has 1 N–H and O–H groups in total. The topological polar surface area (TPSA) is 115 Å². The van der Waals surface area contributed by atoms with Crippen LogP contribution < -0.4 is 14.4 Å². The molecule has 3 aromatic rings. The van der Waals surface area contributed by atoms with Crippen LogP contribution in [0.15, 0.2) is 45.8 Å². The van der Waals surface area contributed by atoms with Crippen molar-refractivity contribution in [1.29, 1.82) is 0 Å². The third-order valence-electron chi connectivity index (χ3n) is 5.59. The van der Waals surface area contributed by atoms with Crippen molar-refractivity contribution in [3.05, 3.63) is 59.7 Å². The number of aromatic nitrogens is 2. The minimum atomic E-state index is -4.18. The van der Waals surface area contributed by atoms with Crippen molar-refractivity contribution in [2.45, 2.75) is 36.6 Å². The van der Waals surface area contributed by atoms with E-state index in [1.54, 1.807) is 0 Å². The Balaban J connectivity index is 1.42. The van der Waals surface area contributed by atoms with Gasteiger partial charge in [0, 0.05) is 12.0 Å². The minimum Gasteiger partial charge on any atom is -0.482 e. The van der Waals surface area contributed by atoms with E-state index in [1.165, 1.54) is 23.1 Å². The largest absolute Gasteiger partial charge is 0.482 e.